The molecule has 1 aliphatic rings. The lowest BCUT2D eigenvalue weighted by molar-refractivity contribution is 0.0906. The molecule has 28 heavy (non-hydrogen) atoms. The van der Waals surface area contributed by atoms with Crippen LogP contribution < -0.4 is 10.1 Å². The van der Waals surface area contributed by atoms with Crippen molar-refractivity contribution < 1.29 is 9.47 Å². The fraction of sp³-hybridized carbons (Fsp3) is 0.435. The van der Waals surface area contributed by atoms with E-state index in [0.29, 0.717) is 12.5 Å². The lowest BCUT2D eigenvalue weighted by atomic mass is 10.1. The van der Waals surface area contributed by atoms with Gasteiger partial charge < -0.3 is 19.7 Å². The van der Waals surface area contributed by atoms with Crippen LogP contribution in [0, 0.1) is 12.8 Å². The minimum Gasteiger partial charge on any atom is -0.496 e. The van der Waals surface area contributed by atoms with Crippen LogP contribution in [0.2, 0.25) is 0 Å². The van der Waals surface area contributed by atoms with Gasteiger partial charge in [-0.05, 0) is 36.1 Å². The number of rotatable bonds is 7. The molecule has 2 aromatic rings. The van der Waals surface area contributed by atoms with Gasteiger partial charge in [-0.1, -0.05) is 42.5 Å². The number of hydrogen-bond acceptors (Lipinski definition) is 3. The summed E-state index contributed by atoms with van der Waals surface area (Å²) >= 11 is 0. The average Bonchev–Trinajstić information content (AvgIpc) is 3.19. The molecular weight excluding hydrogens is 350 g/mol. The molecule has 3 rings (SSSR count). The van der Waals surface area contributed by atoms with Gasteiger partial charge in [0, 0.05) is 32.6 Å². The average molecular weight is 382 g/mol. The maximum atomic E-state index is 5.93. The quantitative estimate of drug-likeness (QED) is 0.588. The molecule has 0 spiro atoms. The van der Waals surface area contributed by atoms with Gasteiger partial charge in [-0.25, -0.2) is 0 Å². The number of aliphatic imine (C=N–C) groups is 1. The number of ether oxygens (including phenoxy) is 2. The van der Waals surface area contributed by atoms with Crippen LogP contribution in [0.3, 0.4) is 0 Å². The molecule has 0 aliphatic carbocycles. The van der Waals surface area contributed by atoms with Crippen LogP contribution in [-0.2, 0) is 17.9 Å². The van der Waals surface area contributed by atoms with Crippen molar-refractivity contribution in [2.24, 2.45) is 10.9 Å². The molecule has 5 nitrogen and oxygen atoms in total. The van der Waals surface area contributed by atoms with E-state index < -0.39 is 0 Å². The summed E-state index contributed by atoms with van der Waals surface area (Å²) < 4.78 is 11.4. The van der Waals surface area contributed by atoms with Crippen LogP contribution in [0.1, 0.15) is 23.1 Å². The van der Waals surface area contributed by atoms with E-state index in [2.05, 4.69) is 64.6 Å². The number of likely N-dealkylation sites (tertiary alicyclic amines) is 1. The predicted octanol–water partition coefficient (Wildman–Crippen LogP) is 3.62. The summed E-state index contributed by atoms with van der Waals surface area (Å²) in [6, 6.07) is 16.6. The number of aryl methyl sites for hydroxylation is 1. The second kappa shape index (κ2) is 10.1. The van der Waals surface area contributed by atoms with Gasteiger partial charge >= 0.3 is 0 Å². The van der Waals surface area contributed by atoms with Gasteiger partial charge in [-0.3, -0.25) is 4.99 Å². The topological polar surface area (TPSA) is 46.1 Å². The van der Waals surface area contributed by atoms with Gasteiger partial charge in [0.2, 0.25) is 0 Å². The molecule has 0 aromatic heterocycles. The van der Waals surface area contributed by atoms with E-state index in [-0.39, 0.29) is 0 Å². The van der Waals surface area contributed by atoms with Crippen molar-refractivity contribution in [2.45, 2.75) is 26.5 Å². The Hall–Kier alpha value is -2.53. The summed E-state index contributed by atoms with van der Waals surface area (Å²) in [6.07, 6.45) is 1.13. The van der Waals surface area contributed by atoms with E-state index in [1.807, 2.05) is 13.1 Å². The molecule has 1 heterocycles. The number of hydrogen-bond donors (Lipinski definition) is 1. The summed E-state index contributed by atoms with van der Waals surface area (Å²) in [4.78, 5) is 6.79. The van der Waals surface area contributed by atoms with Crippen LogP contribution in [0.15, 0.2) is 53.5 Å². The van der Waals surface area contributed by atoms with Crippen molar-refractivity contribution >= 4 is 5.96 Å². The van der Waals surface area contributed by atoms with Gasteiger partial charge in [0.1, 0.15) is 5.75 Å². The zero-order valence-electron chi connectivity index (χ0n) is 17.1. The van der Waals surface area contributed by atoms with Crippen molar-refractivity contribution in [3.63, 3.8) is 0 Å². The summed E-state index contributed by atoms with van der Waals surface area (Å²) in [5.41, 5.74) is 3.56. The van der Waals surface area contributed by atoms with E-state index in [9.17, 15) is 0 Å². The Kier molecular flexibility index (Phi) is 7.31. The summed E-state index contributed by atoms with van der Waals surface area (Å²) in [5, 5.41) is 3.48. The highest BCUT2D eigenvalue weighted by Gasteiger charge is 2.25. The van der Waals surface area contributed by atoms with E-state index in [4.69, 9.17) is 9.47 Å². The molecule has 1 saturated heterocycles. The van der Waals surface area contributed by atoms with Gasteiger partial charge in [0.15, 0.2) is 5.96 Å². The minimum absolute atomic E-state index is 0.543. The van der Waals surface area contributed by atoms with Gasteiger partial charge in [-0.2, -0.15) is 0 Å². The molecule has 1 unspecified atom stereocenters. The maximum absolute atomic E-state index is 5.93. The molecule has 1 aliphatic heterocycles. The lowest BCUT2D eigenvalue weighted by Gasteiger charge is -2.22. The normalized spacial score (nSPS) is 17.0. The number of guanidine groups is 1. The van der Waals surface area contributed by atoms with Crippen molar-refractivity contribution in [1.82, 2.24) is 10.2 Å². The Labute approximate surface area is 168 Å². The second-order valence-corrected chi connectivity index (χ2v) is 7.31. The Morgan fingerprint density at radius 2 is 2.00 bits per heavy atom. The van der Waals surface area contributed by atoms with Crippen LogP contribution in [0.25, 0.3) is 0 Å². The number of nitrogens with one attached hydrogen (secondary N) is 1. The van der Waals surface area contributed by atoms with Crippen molar-refractivity contribution in [2.75, 3.05) is 33.9 Å². The highest BCUT2D eigenvalue weighted by molar-refractivity contribution is 5.80. The fourth-order valence-electron chi connectivity index (χ4n) is 3.57. The molecular formula is C23H31N3O2. The standard InChI is InChI=1S/C23H31N3O2/c1-18-9-10-20(13-22(18)27-3)14-25-23(24-2)26-12-11-21(15-26)17-28-16-19-7-5-4-6-8-19/h4-10,13,21H,11-12,14-17H2,1-3H3,(H,24,25). The third kappa shape index (κ3) is 5.49. The highest BCUT2D eigenvalue weighted by atomic mass is 16.5. The van der Waals surface area contributed by atoms with E-state index >= 15 is 0 Å². The van der Waals surface area contributed by atoms with Crippen molar-refractivity contribution in [1.29, 1.82) is 0 Å². The van der Waals surface area contributed by atoms with Gasteiger partial charge in [0.25, 0.3) is 0 Å². The molecule has 1 atom stereocenters. The molecule has 5 heteroatoms. The molecule has 150 valence electrons. The van der Waals surface area contributed by atoms with Gasteiger partial charge in [0.05, 0.1) is 20.3 Å². The maximum Gasteiger partial charge on any atom is 0.193 e. The molecule has 0 radical (unpaired) electrons. The molecule has 2 aromatic carbocycles. The van der Waals surface area contributed by atoms with Crippen LogP contribution in [-0.4, -0.2) is 44.7 Å². The molecule has 0 amide bonds. The SMILES string of the molecule is CN=C(NCc1ccc(C)c(OC)c1)N1CCC(COCc2ccccc2)C1. The predicted molar refractivity (Wildman–Crippen MR) is 114 cm³/mol. The monoisotopic (exact) mass is 381 g/mol. The number of benzene rings is 2. The van der Waals surface area contributed by atoms with Crippen molar-refractivity contribution in [3.05, 3.63) is 65.2 Å². The summed E-state index contributed by atoms with van der Waals surface area (Å²) in [7, 11) is 3.56. The first-order valence-electron chi connectivity index (χ1n) is 9.90. The van der Waals surface area contributed by atoms with E-state index in [0.717, 1.165) is 49.9 Å². The zero-order valence-corrected chi connectivity index (χ0v) is 17.1. The summed E-state index contributed by atoms with van der Waals surface area (Å²) in [5.74, 6) is 2.41. The first-order chi connectivity index (χ1) is 13.7. The Bertz CT molecular complexity index is 777. The third-order valence-electron chi connectivity index (χ3n) is 5.19. The molecule has 0 saturated carbocycles. The molecule has 1 fully saturated rings. The fourth-order valence-corrected chi connectivity index (χ4v) is 3.57. The lowest BCUT2D eigenvalue weighted by Crippen LogP contribution is -2.39. The Morgan fingerprint density at radius 1 is 1.18 bits per heavy atom. The first-order valence-corrected chi connectivity index (χ1v) is 9.90. The van der Waals surface area contributed by atoms with Crippen LogP contribution >= 0.6 is 0 Å². The van der Waals surface area contributed by atoms with Crippen molar-refractivity contribution in [3.8, 4) is 5.75 Å². The molecule has 0 bridgehead atoms. The second-order valence-electron chi connectivity index (χ2n) is 7.31. The highest BCUT2D eigenvalue weighted by Crippen LogP contribution is 2.20. The Balaban J connectivity index is 1.45. The van der Waals surface area contributed by atoms with E-state index in [1.165, 1.54) is 11.1 Å². The zero-order chi connectivity index (χ0) is 19.8. The van der Waals surface area contributed by atoms with E-state index in [1.54, 1.807) is 7.11 Å². The number of methoxy groups -OCH3 is 1. The smallest absolute Gasteiger partial charge is 0.193 e. The molecule has 1 N–H and O–H groups in total. The summed E-state index contributed by atoms with van der Waals surface area (Å²) in [6.45, 7) is 6.24. The first kappa shape index (κ1) is 20.2. The van der Waals surface area contributed by atoms with Gasteiger partial charge in [-0.15, -0.1) is 0 Å². The Morgan fingerprint density at radius 3 is 2.75 bits per heavy atom. The largest absolute Gasteiger partial charge is 0.496 e. The number of nitrogens with zero attached hydrogens (tertiary/aromatic N) is 2. The minimum atomic E-state index is 0.543. The third-order valence-corrected chi connectivity index (χ3v) is 5.19. The van der Waals surface area contributed by atoms with Crippen LogP contribution in [0.5, 0.6) is 5.75 Å². The van der Waals surface area contributed by atoms with Crippen LogP contribution in [0.4, 0.5) is 0 Å².